The van der Waals surface area contributed by atoms with Crippen molar-refractivity contribution in [1.82, 2.24) is 4.98 Å². The van der Waals surface area contributed by atoms with E-state index < -0.39 is 0 Å². The van der Waals surface area contributed by atoms with Crippen LogP contribution in [-0.2, 0) is 0 Å². The van der Waals surface area contributed by atoms with Crippen LogP contribution in [0.3, 0.4) is 0 Å². The predicted octanol–water partition coefficient (Wildman–Crippen LogP) is 3.51. The molecule has 2 N–H and O–H groups in total. The van der Waals surface area contributed by atoms with Crippen molar-refractivity contribution in [2.75, 3.05) is 18.0 Å². The second-order valence-corrected chi connectivity index (χ2v) is 5.92. The highest BCUT2D eigenvalue weighted by atomic mass is 15.1. The molecule has 0 radical (unpaired) electrons. The van der Waals surface area contributed by atoms with Crippen molar-refractivity contribution in [2.24, 2.45) is 11.1 Å². The minimum Gasteiger partial charge on any atom is -0.370 e. The molecule has 0 aromatic carbocycles. The lowest BCUT2D eigenvalue weighted by Gasteiger charge is -2.41. The van der Waals surface area contributed by atoms with Gasteiger partial charge in [0.05, 0.1) is 17.6 Å². The smallest absolute Gasteiger partial charge is 0.0569 e. The molecular formula is C16H27N3. The molecule has 0 aliphatic carbocycles. The van der Waals surface area contributed by atoms with Crippen molar-refractivity contribution in [3.05, 3.63) is 24.0 Å². The molecule has 106 valence electrons. The third kappa shape index (κ3) is 3.08. The molecule has 0 spiro atoms. The lowest BCUT2D eigenvalue weighted by molar-refractivity contribution is 0.199. The molecule has 0 bridgehead atoms. The fraction of sp³-hybridized carbons (Fsp3) is 0.688. The summed E-state index contributed by atoms with van der Waals surface area (Å²) in [5, 5.41) is 0. The number of anilines is 1. The highest BCUT2D eigenvalue weighted by Gasteiger charge is 2.31. The number of aromatic nitrogens is 1. The Kier molecular flexibility index (Phi) is 4.46. The molecule has 3 heteroatoms. The summed E-state index contributed by atoms with van der Waals surface area (Å²) in [6.45, 7) is 8.94. The molecular weight excluding hydrogens is 234 g/mol. The summed E-state index contributed by atoms with van der Waals surface area (Å²) in [5.41, 5.74) is 8.63. The zero-order chi connectivity index (χ0) is 13.9. The average Bonchev–Trinajstić information content (AvgIpc) is 2.47. The normalized spacial score (nSPS) is 20.3. The van der Waals surface area contributed by atoms with E-state index >= 15 is 0 Å². The van der Waals surface area contributed by atoms with Crippen molar-refractivity contribution in [3.63, 3.8) is 0 Å². The molecule has 1 fully saturated rings. The largest absolute Gasteiger partial charge is 0.370 e. The minimum absolute atomic E-state index is 0.0169. The quantitative estimate of drug-likeness (QED) is 0.902. The number of nitrogens with zero attached hydrogens (tertiary/aromatic N) is 2. The Morgan fingerprint density at radius 1 is 1.26 bits per heavy atom. The Morgan fingerprint density at radius 3 is 2.32 bits per heavy atom. The van der Waals surface area contributed by atoms with Gasteiger partial charge in [-0.2, -0.15) is 0 Å². The maximum Gasteiger partial charge on any atom is 0.0569 e. The SMILES string of the molecule is CCC1(CC)CCN(c2ccc([C@@H](C)N)nc2)CC1. The fourth-order valence-corrected chi connectivity index (χ4v) is 3.05. The Labute approximate surface area is 117 Å². The van der Waals surface area contributed by atoms with Crippen LogP contribution < -0.4 is 10.6 Å². The third-order valence-electron chi connectivity index (χ3n) is 4.93. The van der Waals surface area contributed by atoms with Gasteiger partial charge in [-0.25, -0.2) is 0 Å². The van der Waals surface area contributed by atoms with E-state index in [2.05, 4.69) is 35.9 Å². The van der Waals surface area contributed by atoms with E-state index in [9.17, 15) is 0 Å². The highest BCUT2D eigenvalue weighted by molar-refractivity contribution is 5.45. The summed E-state index contributed by atoms with van der Waals surface area (Å²) in [6, 6.07) is 4.24. The summed E-state index contributed by atoms with van der Waals surface area (Å²) < 4.78 is 0. The fourth-order valence-electron chi connectivity index (χ4n) is 3.05. The van der Waals surface area contributed by atoms with Crippen LogP contribution in [0.15, 0.2) is 18.3 Å². The van der Waals surface area contributed by atoms with E-state index in [1.165, 1.54) is 31.4 Å². The Balaban J connectivity index is 2.01. The molecule has 0 amide bonds. The maximum atomic E-state index is 5.84. The monoisotopic (exact) mass is 261 g/mol. The average molecular weight is 261 g/mol. The second kappa shape index (κ2) is 5.91. The third-order valence-corrected chi connectivity index (χ3v) is 4.93. The summed E-state index contributed by atoms with van der Waals surface area (Å²) in [5.74, 6) is 0. The standard InChI is InChI=1S/C16H27N3/c1-4-16(5-2)8-10-19(11-9-16)14-6-7-15(13(3)17)18-12-14/h6-7,12-13H,4-5,8-11,17H2,1-3H3/t13-/m1/s1. The summed E-state index contributed by atoms with van der Waals surface area (Å²) in [6.07, 6.45) is 7.19. The molecule has 1 aromatic heterocycles. The van der Waals surface area contributed by atoms with E-state index in [1.807, 2.05) is 13.1 Å². The van der Waals surface area contributed by atoms with Crippen LogP contribution in [0.5, 0.6) is 0 Å². The number of hydrogen-bond acceptors (Lipinski definition) is 3. The number of rotatable bonds is 4. The minimum atomic E-state index is 0.0169. The van der Waals surface area contributed by atoms with Crippen LogP contribution in [0, 0.1) is 5.41 Å². The molecule has 0 unspecified atom stereocenters. The van der Waals surface area contributed by atoms with Crippen LogP contribution in [0.25, 0.3) is 0 Å². The lowest BCUT2D eigenvalue weighted by Crippen LogP contribution is -2.39. The van der Waals surface area contributed by atoms with Gasteiger partial charge in [-0.05, 0) is 37.3 Å². The lowest BCUT2D eigenvalue weighted by atomic mass is 9.74. The van der Waals surface area contributed by atoms with Gasteiger partial charge in [0.25, 0.3) is 0 Å². The molecule has 3 nitrogen and oxygen atoms in total. The summed E-state index contributed by atoms with van der Waals surface area (Å²) in [7, 11) is 0. The van der Waals surface area contributed by atoms with E-state index in [0.717, 1.165) is 18.8 Å². The van der Waals surface area contributed by atoms with Gasteiger partial charge in [-0.1, -0.05) is 26.7 Å². The van der Waals surface area contributed by atoms with Gasteiger partial charge in [0.2, 0.25) is 0 Å². The summed E-state index contributed by atoms with van der Waals surface area (Å²) >= 11 is 0. The number of piperidine rings is 1. The van der Waals surface area contributed by atoms with Gasteiger partial charge >= 0.3 is 0 Å². The van der Waals surface area contributed by atoms with Crippen LogP contribution in [0.2, 0.25) is 0 Å². The van der Waals surface area contributed by atoms with Crippen LogP contribution in [0.1, 0.15) is 58.2 Å². The van der Waals surface area contributed by atoms with Gasteiger partial charge in [-0.3, -0.25) is 4.98 Å². The molecule has 2 heterocycles. The molecule has 1 aromatic rings. The van der Waals surface area contributed by atoms with Crippen molar-refractivity contribution < 1.29 is 0 Å². The van der Waals surface area contributed by atoms with E-state index in [0.29, 0.717) is 5.41 Å². The molecule has 1 aliphatic rings. The predicted molar refractivity (Wildman–Crippen MR) is 81.3 cm³/mol. The zero-order valence-corrected chi connectivity index (χ0v) is 12.5. The van der Waals surface area contributed by atoms with Crippen molar-refractivity contribution in [1.29, 1.82) is 0 Å². The molecule has 2 rings (SSSR count). The van der Waals surface area contributed by atoms with Gasteiger partial charge in [-0.15, -0.1) is 0 Å². The van der Waals surface area contributed by atoms with Crippen LogP contribution in [0.4, 0.5) is 5.69 Å². The molecule has 1 atom stereocenters. The zero-order valence-electron chi connectivity index (χ0n) is 12.5. The maximum absolute atomic E-state index is 5.84. The first-order valence-electron chi connectivity index (χ1n) is 7.57. The van der Waals surface area contributed by atoms with Gasteiger partial charge in [0.1, 0.15) is 0 Å². The number of hydrogen-bond donors (Lipinski definition) is 1. The van der Waals surface area contributed by atoms with Crippen LogP contribution >= 0.6 is 0 Å². The first-order chi connectivity index (χ1) is 9.10. The summed E-state index contributed by atoms with van der Waals surface area (Å²) in [4.78, 5) is 6.92. The van der Waals surface area contributed by atoms with Gasteiger partial charge in [0, 0.05) is 19.1 Å². The highest BCUT2D eigenvalue weighted by Crippen LogP contribution is 2.38. The van der Waals surface area contributed by atoms with Gasteiger partial charge in [0.15, 0.2) is 0 Å². The number of nitrogens with two attached hydrogens (primary N) is 1. The van der Waals surface area contributed by atoms with Gasteiger partial charge < -0.3 is 10.6 Å². The van der Waals surface area contributed by atoms with E-state index in [-0.39, 0.29) is 6.04 Å². The Hall–Kier alpha value is -1.09. The number of pyridine rings is 1. The topological polar surface area (TPSA) is 42.1 Å². The molecule has 1 saturated heterocycles. The second-order valence-electron chi connectivity index (χ2n) is 5.92. The molecule has 1 aliphatic heterocycles. The van der Waals surface area contributed by atoms with E-state index in [1.54, 1.807) is 0 Å². The first-order valence-corrected chi connectivity index (χ1v) is 7.57. The van der Waals surface area contributed by atoms with Crippen molar-refractivity contribution >= 4 is 5.69 Å². The molecule has 0 saturated carbocycles. The van der Waals surface area contributed by atoms with Crippen molar-refractivity contribution in [2.45, 2.75) is 52.5 Å². The van der Waals surface area contributed by atoms with E-state index in [4.69, 9.17) is 5.73 Å². The first kappa shape index (κ1) is 14.3. The molecule has 19 heavy (non-hydrogen) atoms. The van der Waals surface area contributed by atoms with Crippen LogP contribution in [-0.4, -0.2) is 18.1 Å². The Morgan fingerprint density at radius 2 is 1.89 bits per heavy atom. The Bertz CT molecular complexity index is 383. The van der Waals surface area contributed by atoms with Crippen molar-refractivity contribution in [3.8, 4) is 0 Å².